The smallest absolute Gasteiger partial charge is 0.253 e. The summed E-state index contributed by atoms with van der Waals surface area (Å²) in [5, 5.41) is 7.66. The lowest BCUT2D eigenvalue weighted by Crippen LogP contribution is -2.39. The van der Waals surface area contributed by atoms with Gasteiger partial charge in [-0.2, -0.15) is 5.10 Å². The fourth-order valence-electron chi connectivity index (χ4n) is 5.01. The van der Waals surface area contributed by atoms with Gasteiger partial charge in [-0.1, -0.05) is 48.5 Å². The SMILES string of the molecule is C=C(NNC=O)c1cc(C(=O)NC2CCOCC2)c2c(N(Cc3ccc(C)cc3)Cc3ccc(OC)cc3)ncnn12. The number of nitrogens with zero attached hydrogens (tertiary/aromatic N) is 4. The molecular weight excluding hydrogens is 534 g/mol. The lowest BCUT2D eigenvalue weighted by molar-refractivity contribution is -0.110. The zero-order valence-electron chi connectivity index (χ0n) is 23.8. The fourth-order valence-corrected chi connectivity index (χ4v) is 5.01. The van der Waals surface area contributed by atoms with E-state index in [2.05, 4.69) is 63.9 Å². The molecule has 3 N–H and O–H groups in total. The highest BCUT2D eigenvalue weighted by Gasteiger charge is 2.26. The number of hydrazine groups is 1. The predicted molar refractivity (Wildman–Crippen MR) is 160 cm³/mol. The van der Waals surface area contributed by atoms with Crippen molar-refractivity contribution < 1.29 is 19.1 Å². The number of ether oxygens (including phenoxy) is 2. The molecule has 2 amide bonds. The third-order valence-corrected chi connectivity index (χ3v) is 7.25. The number of hydrogen-bond acceptors (Lipinski definition) is 8. The number of benzene rings is 2. The molecule has 1 aliphatic heterocycles. The minimum atomic E-state index is -0.238. The minimum Gasteiger partial charge on any atom is -0.497 e. The molecule has 42 heavy (non-hydrogen) atoms. The van der Waals surface area contributed by atoms with Gasteiger partial charge in [0.2, 0.25) is 6.41 Å². The van der Waals surface area contributed by atoms with Crippen LogP contribution >= 0.6 is 0 Å². The number of aryl methyl sites for hydroxylation is 1. The molecule has 1 saturated heterocycles. The fraction of sp³-hybridized carbons (Fsp3) is 0.290. The number of nitrogens with one attached hydrogen (secondary N) is 3. The van der Waals surface area contributed by atoms with Crippen LogP contribution in [0.5, 0.6) is 5.75 Å². The Bertz CT molecular complexity index is 1540. The van der Waals surface area contributed by atoms with Crippen LogP contribution in [-0.2, 0) is 22.6 Å². The molecule has 0 unspecified atom stereocenters. The maximum atomic E-state index is 13.8. The van der Waals surface area contributed by atoms with Crippen LogP contribution in [0.1, 0.15) is 45.6 Å². The summed E-state index contributed by atoms with van der Waals surface area (Å²) in [5.74, 6) is 1.12. The van der Waals surface area contributed by atoms with Crippen LogP contribution in [-0.4, -0.2) is 53.3 Å². The minimum absolute atomic E-state index is 0.00116. The maximum absolute atomic E-state index is 13.8. The Hall–Kier alpha value is -4.90. The molecule has 11 nitrogen and oxygen atoms in total. The standard InChI is InChI=1S/C31H35N7O4/c1-21-4-6-23(7-5-21)17-37(18-24-8-10-26(41-3)11-9-24)30-29-27(31(40)35-25-12-14-42-15-13-25)16-28(22(2)36-33-20-39)38(29)34-19-32-30/h4-11,16,19-20,25,36H,2,12-15,17-18H2,1,3H3,(H,33,39)(H,35,40). The van der Waals surface area contributed by atoms with Crippen LogP contribution in [0.3, 0.4) is 0 Å². The number of hydrogen-bond donors (Lipinski definition) is 3. The third kappa shape index (κ3) is 6.52. The normalized spacial score (nSPS) is 13.4. The van der Waals surface area contributed by atoms with Crippen LogP contribution in [0, 0.1) is 6.92 Å². The van der Waals surface area contributed by atoms with E-state index in [4.69, 9.17) is 14.5 Å². The van der Waals surface area contributed by atoms with E-state index in [1.54, 1.807) is 17.7 Å². The van der Waals surface area contributed by atoms with Crippen LogP contribution < -0.4 is 25.8 Å². The van der Waals surface area contributed by atoms with Gasteiger partial charge in [-0.25, -0.2) is 9.50 Å². The number of fused-ring (bicyclic) bond motifs is 1. The van der Waals surface area contributed by atoms with Gasteiger partial charge in [-0.15, -0.1) is 0 Å². The van der Waals surface area contributed by atoms with E-state index in [0.29, 0.717) is 61.0 Å². The van der Waals surface area contributed by atoms with Crippen molar-refractivity contribution in [3.05, 3.63) is 95.5 Å². The molecule has 1 aliphatic rings. The molecule has 0 aliphatic carbocycles. The Balaban J connectivity index is 1.61. The highest BCUT2D eigenvalue weighted by molar-refractivity contribution is 6.05. The topological polar surface area (TPSA) is 122 Å². The van der Waals surface area contributed by atoms with Gasteiger partial charge in [0.05, 0.1) is 24.1 Å². The summed E-state index contributed by atoms with van der Waals surface area (Å²) in [6.07, 6.45) is 3.45. The van der Waals surface area contributed by atoms with Gasteiger partial charge in [0, 0.05) is 32.3 Å². The largest absolute Gasteiger partial charge is 0.497 e. The van der Waals surface area contributed by atoms with E-state index < -0.39 is 0 Å². The molecule has 1 fully saturated rings. The molecule has 4 aromatic rings. The Morgan fingerprint density at radius 1 is 1.12 bits per heavy atom. The number of rotatable bonds is 12. The molecule has 0 radical (unpaired) electrons. The van der Waals surface area contributed by atoms with Gasteiger partial charge in [-0.3, -0.25) is 20.4 Å². The van der Waals surface area contributed by atoms with Gasteiger partial charge in [0.1, 0.15) is 17.6 Å². The average molecular weight is 570 g/mol. The first-order valence-electron chi connectivity index (χ1n) is 13.8. The van der Waals surface area contributed by atoms with Crippen molar-refractivity contribution in [2.75, 3.05) is 25.2 Å². The van der Waals surface area contributed by atoms with Gasteiger partial charge in [0.15, 0.2) is 5.82 Å². The summed E-state index contributed by atoms with van der Waals surface area (Å²) in [6.45, 7) is 8.35. The summed E-state index contributed by atoms with van der Waals surface area (Å²) >= 11 is 0. The van der Waals surface area contributed by atoms with Crippen LogP contribution in [0.25, 0.3) is 11.2 Å². The molecule has 218 valence electrons. The zero-order chi connectivity index (χ0) is 29.5. The number of aromatic nitrogens is 3. The zero-order valence-corrected chi connectivity index (χ0v) is 23.8. The van der Waals surface area contributed by atoms with E-state index in [1.807, 2.05) is 24.3 Å². The molecule has 11 heteroatoms. The number of carbonyl (C=O) groups is 2. The first-order valence-corrected chi connectivity index (χ1v) is 13.8. The Morgan fingerprint density at radius 3 is 2.43 bits per heavy atom. The summed E-state index contributed by atoms with van der Waals surface area (Å²) < 4.78 is 12.5. The monoisotopic (exact) mass is 569 g/mol. The van der Waals surface area contributed by atoms with Crippen molar-refractivity contribution in [2.24, 2.45) is 0 Å². The van der Waals surface area contributed by atoms with E-state index in [0.717, 1.165) is 29.7 Å². The lowest BCUT2D eigenvalue weighted by atomic mass is 10.1. The number of carbonyl (C=O) groups excluding carboxylic acids is 2. The van der Waals surface area contributed by atoms with Crippen molar-refractivity contribution in [1.82, 2.24) is 30.8 Å². The number of anilines is 1. The van der Waals surface area contributed by atoms with E-state index in [1.165, 1.54) is 11.9 Å². The Kier molecular flexibility index (Phi) is 8.98. The van der Waals surface area contributed by atoms with Gasteiger partial charge >= 0.3 is 0 Å². The van der Waals surface area contributed by atoms with E-state index >= 15 is 0 Å². The van der Waals surface area contributed by atoms with E-state index in [-0.39, 0.29) is 11.9 Å². The van der Waals surface area contributed by atoms with Crippen molar-refractivity contribution in [3.8, 4) is 5.75 Å². The summed E-state index contributed by atoms with van der Waals surface area (Å²) in [5.41, 5.74) is 10.3. The molecule has 0 bridgehead atoms. The molecule has 0 saturated carbocycles. The molecule has 0 atom stereocenters. The first kappa shape index (κ1) is 28.6. The molecule has 2 aromatic carbocycles. The average Bonchev–Trinajstić information content (AvgIpc) is 3.42. The maximum Gasteiger partial charge on any atom is 0.253 e. The second-order valence-corrected chi connectivity index (χ2v) is 10.2. The summed E-state index contributed by atoms with van der Waals surface area (Å²) in [4.78, 5) is 31.6. The summed E-state index contributed by atoms with van der Waals surface area (Å²) in [7, 11) is 1.64. The van der Waals surface area contributed by atoms with E-state index in [9.17, 15) is 9.59 Å². The molecule has 3 heterocycles. The molecule has 2 aromatic heterocycles. The quantitative estimate of drug-likeness (QED) is 0.175. The third-order valence-electron chi connectivity index (χ3n) is 7.25. The highest BCUT2D eigenvalue weighted by Crippen LogP contribution is 2.30. The number of amides is 2. The van der Waals surface area contributed by atoms with Crippen LogP contribution in [0.15, 0.2) is 67.5 Å². The molecular formula is C31H35N7O4. The Morgan fingerprint density at radius 2 is 1.79 bits per heavy atom. The first-order chi connectivity index (χ1) is 20.5. The van der Waals surface area contributed by atoms with Gasteiger partial charge in [-0.05, 0) is 49.1 Å². The van der Waals surface area contributed by atoms with Crippen molar-refractivity contribution >= 4 is 29.3 Å². The lowest BCUT2D eigenvalue weighted by Gasteiger charge is -2.26. The summed E-state index contributed by atoms with van der Waals surface area (Å²) in [6, 6.07) is 17.9. The molecule has 0 spiro atoms. The van der Waals surface area contributed by atoms with Crippen molar-refractivity contribution in [3.63, 3.8) is 0 Å². The van der Waals surface area contributed by atoms with Crippen molar-refractivity contribution in [1.29, 1.82) is 0 Å². The van der Waals surface area contributed by atoms with Gasteiger partial charge in [0.25, 0.3) is 5.91 Å². The second kappa shape index (κ2) is 13.2. The van der Waals surface area contributed by atoms with Crippen LogP contribution in [0.2, 0.25) is 0 Å². The predicted octanol–water partition coefficient (Wildman–Crippen LogP) is 3.38. The second-order valence-electron chi connectivity index (χ2n) is 10.2. The molecule has 5 rings (SSSR count). The van der Waals surface area contributed by atoms with Crippen molar-refractivity contribution in [2.45, 2.75) is 38.9 Å². The van der Waals surface area contributed by atoms with Crippen LogP contribution in [0.4, 0.5) is 5.82 Å². The van der Waals surface area contributed by atoms with Gasteiger partial charge < -0.3 is 19.7 Å². The highest BCUT2D eigenvalue weighted by atomic mass is 16.5. The number of methoxy groups -OCH3 is 1. The Labute approximate surface area is 244 Å².